The van der Waals surface area contributed by atoms with Crippen molar-refractivity contribution in [3.8, 4) is 5.75 Å². The standard InChI is InChI=1S/C18H22ClN3O7S2/c1-28-9-8-22-31(26,27)15-6-7-17(16(19)10-15)29-12-18(23)21-11-13-2-4-14(5-3-13)30(20,24)25/h2-7,10,22H,8-9,11-12H2,1H3,(H,21,23)(H2,20,24,25). The van der Waals surface area contributed by atoms with Gasteiger partial charge in [-0.25, -0.2) is 26.7 Å². The average Bonchev–Trinajstić information content (AvgIpc) is 2.71. The van der Waals surface area contributed by atoms with Crippen molar-refractivity contribution in [2.45, 2.75) is 16.3 Å². The van der Waals surface area contributed by atoms with Crippen LogP contribution in [0, 0.1) is 0 Å². The van der Waals surface area contributed by atoms with E-state index in [1.54, 1.807) is 0 Å². The van der Waals surface area contributed by atoms with E-state index in [0.29, 0.717) is 5.56 Å². The van der Waals surface area contributed by atoms with E-state index >= 15 is 0 Å². The molecule has 10 nitrogen and oxygen atoms in total. The molecule has 0 saturated heterocycles. The van der Waals surface area contributed by atoms with Gasteiger partial charge in [0.1, 0.15) is 5.75 Å². The number of sulfonamides is 2. The Hall–Kier alpha value is -2.22. The van der Waals surface area contributed by atoms with E-state index in [1.165, 1.54) is 49.6 Å². The first-order chi connectivity index (χ1) is 14.5. The van der Waals surface area contributed by atoms with Crippen LogP contribution in [0.4, 0.5) is 0 Å². The summed E-state index contributed by atoms with van der Waals surface area (Å²) in [7, 11) is -6.07. The van der Waals surface area contributed by atoms with Crippen molar-refractivity contribution in [3.05, 3.63) is 53.1 Å². The summed E-state index contributed by atoms with van der Waals surface area (Å²) in [5.74, 6) is -0.310. The number of rotatable bonds is 11. The fourth-order valence-corrected chi connectivity index (χ4v) is 4.17. The van der Waals surface area contributed by atoms with Crippen LogP contribution in [0.2, 0.25) is 5.02 Å². The number of nitrogens with one attached hydrogen (secondary N) is 2. The predicted molar refractivity (Wildman–Crippen MR) is 114 cm³/mol. The second-order valence-electron chi connectivity index (χ2n) is 6.24. The lowest BCUT2D eigenvalue weighted by atomic mass is 10.2. The van der Waals surface area contributed by atoms with Crippen molar-refractivity contribution >= 4 is 37.6 Å². The quantitative estimate of drug-likeness (QED) is 0.389. The molecule has 0 unspecified atom stereocenters. The maximum absolute atomic E-state index is 12.2. The van der Waals surface area contributed by atoms with Crippen molar-refractivity contribution in [1.82, 2.24) is 10.0 Å². The van der Waals surface area contributed by atoms with Crippen LogP contribution in [0.15, 0.2) is 52.3 Å². The molecule has 0 fully saturated rings. The van der Waals surface area contributed by atoms with Crippen molar-refractivity contribution in [3.63, 3.8) is 0 Å². The van der Waals surface area contributed by atoms with Gasteiger partial charge in [-0.1, -0.05) is 23.7 Å². The molecule has 0 saturated carbocycles. The summed E-state index contributed by atoms with van der Waals surface area (Å²) < 4.78 is 59.3. The van der Waals surface area contributed by atoms with Gasteiger partial charge in [-0.15, -0.1) is 0 Å². The summed E-state index contributed by atoms with van der Waals surface area (Å²) in [4.78, 5) is 11.9. The van der Waals surface area contributed by atoms with E-state index in [1.807, 2.05) is 0 Å². The van der Waals surface area contributed by atoms with E-state index in [9.17, 15) is 21.6 Å². The highest BCUT2D eigenvalue weighted by Crippen LogP contribution is 2.27. The molecule has 1 amide bonds. The minimum atomic E-state index is -3.78. The van der Waals surface area contributed by atoms with Gasteiger partial charge in [0.05, 0.1) is 21.4 Å². The SMILES string of the molecule is COCCNS(=O)(=O)c1ccc(OCC(=O)NCc2ccc(S(N)(=O)=O)cc2)c(Cl)c1. The fraction of sp³-hybridized carbons (Fsp3) is 0.278. The largest absolute Gasteiger partial charge is 0.482 e. The Morgan fingerprint density at radius 1 is 1.06 bits per heavy atom. The van der Waals surface area contributed by atoms with Crippen LogP contribution >= 0.6 is 11.6 Å². The van der Waals surface area contributed by atoms with Crippen LogP contribution < -0.4 is 19.9 Å². The number of benzene rings is 2. The summed E-state index contributed by atoms with van der Waals surface area (Å²) in [5, 5.41) is 7.66. The van der Waals surface area contributed by atoms with Gasteiger partial charge in [-0.3, -0.25) is 4.79 Å². The molecule has 0 spiro atoms. The number of primary sulfonamides is 1. The third-order valence-electron chi connectivity index (χ3n) is 3.91. The molecule has 0 bridgehead atoms. The number of carbonyl (C=O) groups is 1. The van der Waals surface area contributed by atoms with Gasteiger partial charge in [-0.2, -0.15) is 0 Å². The summed E-state index contributed by atoms with van der Waals surface area (Å²) >= 11 is 6.07. The Bertz CT molecular complexity index is 1120. The summed E-state index contributed by atoms with van der Waals surface area (Å²) in [6.45, 7) is 0.123. The number of hydrogen-bond donors (Lipinski definition) is 3. The van der Waals surface area contributed by atoms with E-state index in [2.05, 4.69) is 10.0 Å². The van der Waals surface area contributed by atoms with Crippen LogP contribution in [0.3, 0.4) is 0 Å². The first kappa shape index (κ1) is 25.0. The third-order valence-corrected chi connectivity index (χ3v) is 6.60. The number of amides is 1. The highest BCUT2D eigenvalue weighted by atomic mass is 35.5. The molecule has 13 heteroatoms. The van der Waals surface area contributed by atoms with Gasteiger partial charge in [0.15, 0.2) is 6.61 Å². The summed E-state index contributed by atoms with van der Waals surface area (Å²) in [6.07, 6.45) is 0. The summed E-state index contributed by atoms with van der Waals surface area (Å²) in [6, 6.07) is 9.61. The molecular weight excluding hydrogens is 470 g/mol. The fourth-order valence-electron chi connectivity index (χ4n) is 2.32. The van der Waals surface area contributed by atoms with E-state index in [0.717, 1.165) is 0 Å². The van der Waals surface area contributed by atoms with Gasteiger partial charge in [0, 0.05) is 20.2 Å². The first-order valence-corrected chi connectivity index (χ1v) is 12.2. The molecule has 0 atom stereocenters. The number of hydrogen-bond acceptors (Lipinski definition) is 7. The second-order valence-corrected chi connectivity index (χ2v) is 9.97. The highest BCUT2D eigenvalue weighted by molar-refractivity contribution is 7.89. The maximum Gasteiger partial charge on any atom is 0.258 e. The van der Waals surface area contributed by atoms with Crippen LogP contribution in [-0.4, -0.2) is 49.6 Å². The zero-order valence-corrected chi connectivity index (χ0v) is 18.9. The van der Waals surface area contributed by atoms with Gasteiger partial charge in [0.25, 0.3) is 5.91 Å². The molecule has 4 N–H and O–H groups in total. The van der Waals surface area contributed by atoms with Crippen molar-refractivity contribution in [1.29, 1.82) is 0 Å². The number of ether oxygens (including phenoxy) is 2. The zero-order valence-electron chi connectivity index (χ0n) is 16.5. The normalized spacial score (nSPS) is 11.8. The average molecular weight is 492 g/mol. The molecule has 2 aromatic carbocycles. The Morgan fingerprint density at radius 3 is 2.29 bits per heavy atom. The minimum absolute atomic E-state index is 0.0279. The second kappa shape index (κ2) is 10.9. The Morgan fingerprint density at radius 2 is 1.71 bits per heavy atom. The molecule has 2 aromatic rings. The number of halogens is 1. The molecule has 0 aromatic heterocycles. The predicted octanol–water partition coefficient (Wildman–Crippen LogP) is 0.607. The van der Waals surface area contributed by atoms with Crippen LogP contribution in [0.25, 0.3) is 0 Å². The molecule has 0 aliphatic carbocycles. The van der Waals surface area contributed by atoms with Crippen LogP contribution in [-0.2, 0) is 36.1 Å². The lowest BCUT2D eigenvalue weighted by Crippen LogP contribution is -2.28. The maximum atomic E-state index is 12.2. The lowest BCUT2D eigenvalue weighted by Gasteiger charge is -2.11. The minimum Gasteiger partial charge on any atom is -0.482 e. The topological polar surface area (TPSA) is 154 Å². The molecule has 0 heterocycles. The smallest absolute Gasteiger partial charge is 0.258 e. The third kappa shape index (κ3) is 7.76. The molecular formula is C18H22ClN3O7S2. The van der Waals surface area contributed by atoms with E-state index in [4.69, 9.17) is 26.2 Å². The Kier molecular flexibility index (Phi) is 8.79. The number of nitrogens with two attached hydrogens (primary N) is 1. The number of carbonyl (C=O) groups excluding carboxylic acids is 1. The molecule has 170 valence electrons. The molecule has 2 rings (SSSR count). The highest BCUT2D eigenvalue weighted by Gasteiger charge is 2.16. The van der Waals surface area contributed by atoms with Gasteiger partial charge >= 0.3 is 0 Å². The lowest BCUT2D eigenvalue weighted by molar-refractivity contribution is -0.123. The molecule has 0 aliphatic rings. The first-order valence-electron chi connectivity index (χ1n) is 8.82. The van der Waals surface area contributed by atoms with Gasteiger partial charge < -0.3 is 14.8 Å². The Labute approximate surface area is 185 Å². The zero-order chi connectivity index (χ0) is 23.1. The molecule has 0 radical (unpaired) electrons. The summed E-state index contributed by atoms with van der Waals surface area (Å²) in [5.41, 5.74) is 0.661. The van der Waals surface area contributed by atoms with Crippen LogP contribution in [0.1, 0.15) is 5.56 Å². The Balaban J connectivity index is 1.89. The molecule has 0 aliphatic heterocycles. The van der Waals surface area contributed by atoms with Crippen molar-refractivity contribution in [2.75, 3.05) is 26.9 Å². The van der Waals surface area contributed by atoms with E-state index < -0.39 is 26.0 Å². The van der Waals surface area contributed by atoms with Gasteiger partial charge in [0.2, 0.25) is 20.0 Å². The van der Waals surface area contributed by atoms with Crippen molar-refractivity contribution in [2.24, 2.45) is 5.14 Å². The number of methoxy groups -OCH3 is 1. The van der Waals surface area contributed by atoms with Crippen LogP contribution in [0.5, 0.6) is 5.75 Å². The van der Waals surface area contributed by atoms with E-state index in [-0.39, 0.29) is 46.9 Å². The monoisotopic (exact) mass is 491 g/mol. The van der Waals surface area contributed by atoms with Gasteiger partial charge in [-0.05, 0) is 35.9 Å². The molecule has 31 heavy (non-hydrogen) atoms. The van der Waals surface area contributed by atoms with Crippen molar-refractivity contribution < 1.29 is 31.1 Å².